The highest BCUT2D eigenvalue weighted by molar-refractivity contribution is 5.82. The number of ether oxygens (including phenoxy) is 2. The minimum atomic E-state index is -0.472. The van der Waals surface area contributed by atoms with Crippen molar-refractivity contribution < 1.29 is 14.3 Å². The lowest BCUT2D eigenvalue weighted by atomic mass is 9.94. The summed E-state index contributed by atoms with van der Waals surface area (Å²) >= 11 is 0. The van der Waals surface area contributed by atoms with Gasteiger partial charge in [0.15, 0.2) is 5.88 Å². The Morgan fingerprint density at radius 1 is 1.08 bits per heavy atom. The van der Waals surface area contributed by atoms with E-state index in [1.165, 1.54) is 18.2 Å². The van der Waals surface area contributed by atoms with Gasteiger partial charge < -0.3 is 15.2 Å². The van der Waals surface area contributed by atoms with Gasteiger partial charge in [0.25, 0.3) is 0 Å². The predicted molar refractivity (Wildman–Crippen MR) is 95.5 cm³/mol. The summed E-state index contributed by atoms with van der Waals surface area (Å²) in [6.45, 7) is 1.36. The second kappa shape index (κ2) is 7.85. The molecule has 0 saturated carbocycles. The molecule has 0 bridgehead atoms. The lowest BCUT2D eigenvalue weighted by Gasteiger charge is -2.43. The number of hydrogen-bond acceptors (Lipinski definition) is 5. The third-order valence-electron chi connectivity index (χ3n) is 4.25. The van der Waals surface area contributed by atoms with Crippen molar-refractivity contribution in [2.75, 3.05) is 20.2 Å². The molecular formula is C20H22N2O3. The van der Waals surface area contributed by atoms with Gasteiger partial charge in [-0.15, -0.1) is 0 Å². The quantitative estimate of drug-likeness (QED) is 0.498. The van der Waals surface area contributed by atoms with Crippen molar-refractivity contribution in [1.82, 2.24) is 4.90 Å². The number of nitrogens with two attached hydrogens (primary N) is 1. The van der Waals surface area contributed by atoms with Gasteiger partial charge >= 0.3 is 5.97 Å². The van der Waals surface area contributed by atoms with Crippen molar-refractivity contribution in [3.8, 4) is 0 Å². The molecule has 1 heterocycles. The second-order valence-electron chi connectivity index (χ2n) is 5.99. The fourth-order valence-corrected chi connectivity index (χ4v) is 3.01. The molecule has 25 heavy (non-hydrogen) atoms. The van der Waals surface area contributed by atoms with Crippen LogP contribution in [-0.2, 0) is 14.3 Å². The van der Waals surface area contributed by atoms with Crippen LogP contribution in [0.25, 0.3) is 0 Å². The van der Waals surface area contributed by atoms with Gasteiger partial charge in [0.05, 0.1) is 19.2 Å². The normalized spacial score (nSPS) is 15.7. The molecule has 0 aliphatic carbocycles. The number of methoxy groups -OCH3 is 1. The molecule has 0 atom stereocenters. The van der Waals surface area contributed by atoms with Crippen LogP contribution in [0, 0.1) is 0 Å². The highest BCUT2D eigenvalue weighted by Gasteiger charge is 2.36. The van der Waals surface area contributed by atoms with Crippen molar-refractivity contribution in [2.45, 2.75) is 12.1 Å². The first-order valence-electron chi connectivity index (χ1n) is 8.23. The zero-order valence-electron chi connectivity index (χ0n) is 14.2. The van der Waals surface area contributed by atoms with Crippen LogP contribution in [0.3, 0.4) is 0 Å². The van der Waals surface area contributed by atoms with E-state index < -0.39 is 5.97 Å². The van der Waals surface area contributed by atoms with Gasteiger partial charge in [0.2, 0.25) is 0 Å². The van der Waals surface area contributed by atoms with E-state index >= 15 is 0 Å². The topological polar surface area (TPSA) is 64.8 Å². The third-order valence-corrected chi connectivity index (χ3v) is 4.25. The van der Waals surface area contributed by atoms with Crippen molar-refractivity contribution in [3.05, 3.63) is 83.7 Å². The molecule has 1 fully saturated rings. The SMILES string of the molecule is COC(N)=CC(=O)OC1CN(C(c2ccccc2)c2ccccc2)C1. The molecule has 2 aromatic carbocycles. The fourth-order valence-electron chi connectivity index (χ4n) is 3.01. The number of nitrogens with zero attached hydrogens (tertiary/aromatic N) is 1. The van der Waals surface area contributed by atoms with Crippen LogP contribution in [0.1, 0.15) is 17.2 Å². The smallest absolute Gasteiger partial charge is 0.336 e. The molecule has 0 radical (unpaired) electrons. The number of esters is 1. The molecule has 0 unspecified atom stereocenters. The van der Waals surface area contributed by atoms with Gasteiger partial charge in [0.1, 0.15) is 6.10 Å². The molecule has 130 valence electrons. The molecule has 1 aliphatic rings. The number of benzene rings is 2. The Kier molecular flexibility index (Phi) is 5.36. The zero-order chi connectivity index (χ0) is 17.6. The predicted octanol–water partition coefficient (Wildman–Crippen LogP) is 2.45. The Morgan fingerprint density at radius 2 is 1.60 bits per heavy atom. The molecule has 1 saturated heterocycles. The van der Waals surface area contributed by atoms with Crippen LogP contribution < -0.4 is 5.73 Å². The summed E-state index contributed by atoms with van der Waals surface area (Å²) in [6, 6.07) is 20.8. The summed E-state index contributed by atoms with van der Waals surface area (Å²) in [5.74, 6) is -0.424. The first-order chi connectivity index (χ1) is 12.2. The molecule has 5 nitrogen and oxygen atoms in total. The first-order valence-corrected chi connectivity index (χ1v) is 8.23. The highest BCUT2D eigenvalue weighted by atomic mass is 16.5. The Hall–Kier alpha value is -2.79. The van der Waals surface area contributed by atoms with E-state index in [0.717, 1.165) is 6.08 Å². The van der Waals surface area contributed by atoms with E-state index in [2.05, 4.69) is 29.2 Å². The van der Waals surface area contributed by atoms with E-state index in [9.17, 15) is 4.79 Å². The maximum absolute atomic E-state index is 11.8. The highest BCUT2D eigenvalue weighted by Crippen LogP contribution is 2.32. The number of carbonyl (C=O) groups is 1. The molecule has 0 aromatic heterocycles. The molecule has 1 aliphatic heterocycles. The van der Waals surface area contributed by atoms with Crippen molar-refractivity contribution in [2.24, 2.45) is 5.73 Å². The average molecular weight is 338 g/mol. The third kappa shape index (κ3) is 4.19. The van der Waals surface area contributed by atoms with Crippen LogP contribution in [0.5, 0.6) is 0 Å². The van der Waals surface area contributed by atoms with Crippen LogP contribution in [0.15, 0.2) is 72.6 Å². The van der Waals surface area contributed by atoms with Gasteiger partial charge in [-0.3, -0.25) is 4.90 Å². The Balaban J connectivity index is 1.68. The minimum Gasteiger partial charge on any atom is -0.482 e. The standard InChI is InChI=1S/C20H22N2O3/c1-24-18(21)12-19(23)25-17-13-22(14-17)20(15-8-4-2-5-9-15)16-10-6-3-7-11-16/h2-12,17,20H,13-14,21H2,1H3. The number of rotatable bonds is 6. The molecule has 3 rings (SSSR count). The summed E-state index contributed by atoms with van der Waals surface area (Å²) in [7, 11) is 1.41. The largest absolute Gasteiger partial charge is 0.482 e. The average Bonchev–Trinajstić information content (AvgIpc) is 2.61. The zero-order valence-corrected chi connectivity index (χ0v) is 14.2. The van der Waals surface area contributed by atoms with Crippen LogP contribution in [-0.4, -0.2) is 37.2 Å². The van der Waals surface area contributed by atoms with Crippen LogP contribution >= 0.6 is 0 Å². The van der Waals surface area contributed by atoms with Gasteiger partial charge in [0, 0.05) is 13.1 Å². The second-order valence-corrected chi connectivity index (χ2v) is 5.99. The number of likely N-dealkylation sites (tertiary alicyclic amines) is 1. The van der Waals surface area contributed by atoms with Crippen LogP contribution in [0.4, 0.5) is 0 Å². The maximum atomic E-state index is 11.8. The number of carbonyl (C=O) groups excluding carboxylic acids is 1. The van der Waals surface area contributed by atoms with Gasteiger partial charge in [-0.1, -0.05) is 60.7 Å². The van der Waals surface area contributed by atoms with E-state index in [4.69, 9.17) is 15.2 Å². The van der Waals surface area contributed by atoms with Crippen molar-refractivity contribution >= 4 is 5.97 Å². The summed E-state index contributed by atoms with van der Waals surface area (Å²) < 4.78 is 10.2. The Labute approximate surface area is 147 Å². The van der Waals surface area contributed by atoms with Crippen LogP contribution in [0.2, 0.25) is 0 Å². The lowest BCUT2D eigenvalue weighted by molar-refractivity contribution is -0.152. The fraction of sp³-hybridized carbons (Fsp3) is 0.250. The van der Waals surface area contributed by atoms with E-state index in [-0.39, 0.29) is 18.0 Å². The molecule has 2 N–H and O–H groups in total. The van der Waals surface area contributed by atoms with E-state index in [1.54, 1.807) is 0 Å². The summed E-state index contributed by atoms with van der Waals surface area (Å²) in [5, 5.41) is 0. The maximum Gasteiger partial charge on any atom is 0.336 e. The monoisotopic (exact) mass is 338 g/mol. The lowest BCUT2D eigenvalue weighted by Crippen LogP contribution is -2.54. The van der Waals surface area contributed by atoms with E-state index in [1.807, 2.05) is 36.4 Å². The Morgan fingerprint density at radius 3 is 2.08 bits per heavy atom. The number of hydrogen-bond donors (Lipinski definition) is 1. The van der Waals surface area contributed by atoms with E-state index in [0.29, 0.717) is 13.1 Å². The van der Waals surface area contributed by atoms with Crippen molar-refractivity contribution in [1.29, 1.82) is 0 Å². The summed E-state index contributed by atoms with van der Waals surface area (Å²) in [6.07, 6.45) is 1.03. The van der Waals surface area contributed by atoms with Gasteiger partial charge in [-0.25, -0.2) is 4.79 Å². The molecule has 2 aromatic rings. The van der Waals surface area contributed by atoms with Crippen molar-refractivity contribution in [3.63, 3.8) is 0 Å². The summed E-state index contributed by atoms with van der Waals surface area (Å²) in [4.78, 5) is 14.1. The van der Waals surface area contributed by atoms with Gasteiger partial charge in [-0.05, 0) is 11.1 Å². The minimum absolute atomic E-state index is 0.0487. The van der Waals surface area contributed by atoms with Gasteiger partial charge in [-0.2, -0.15) is 0 Å². The molecule has 5 heteroatoms. The molecular weight excluding hydrogens is 316 g/mol. The molecule has 0 spiro atoms. The Bertz CT molecular complexity index is 686. The first kappa shape index (κ1) is 17.0. The molecule has 0 amide bonds. The summed E-state index contributed by atoms with van der Waals surface area (Å²) in [5.41, 5.74) is 7.91.